The highest BCUT2D eigenvalue weighted by Crippen LogP contribution is 2.10. The molecular weight excluding hydrogens is 270 g/mol. The molecule has 98 valence electrons. The molecule has 2 N–H and O–H groups in total. The molecule has 4 nitrogen and oxygen atoms in total. The van der Waals surface area contributed by atoms with E-state index in [9.17, 15) is 8.42 Å². The first-order valence-corrected chi connectivity index (χ1v) is 8.16. The van der Waals surface area contributed by atoms with E-state index in [4.69, 9.17) is 5.11 Å². The van der Waals surface area contributed by atoms with Crippen molar-refractivity contribution < 1.29 is 13.5 Å². The van der Waals surface area contributed by atoms with Crippen molar-refractivity contribution in [3.63, 3.8) is 0 Å². The average Bonchev–Trinajstić information content (AvgIpc) is 2.37. The van der Waals surface area contributed by atoms with Crippen LogP contribution in [0, 0.1) is 11.8 Å². The van der Waals surface area contributed by atoms with Gasteiger partial charge in [-0.15, -0.1) is 0 Å². The predicted octanol–water partition coefficient (Wildman–Crippen LogP) is 0.672. The molecular formula is C12H15NO3S2. The number of rotatable bonds is 5. The Morgan fingerprint density at radius 3 is 2.89 bits per heavy atom. The first-order valence-electron chi connectivity index (χ1n) is 5.28. The van der Waals surface area contributed by atoms with E-state index in [1.54, 1.807) is 23.9 Å². The number of hydrogen-bond donors (Lipinski definition) is 2. The third-order valence-electron chi connectivity index (χ3n) is 2.05. The first-order chi connectivity index (χ1) is 8.60. The summed E-state index contributed by atoms with van der Waals surface area (Å²) in [5, 5.41) is 8.59. The Balaban J connectivity index is 2.88. The number of aliphatic hydroxyl groups is 1. The second-order valence-corrected chi connectivity index (χ2v) is 6.13. The van der Waals surface area contributed by atoms with Gasteiger partial charge in [0.15, 0.2) is 0 Å². The minimum Gasteiger partial charge on any atom is -0.384 e. The SMILES string of the molecule is CSCCNS(=O)(=O)c1cccc(C#CCO)c1. The fraction of sp³-hybridized carbons (Fsp3) is 0.333. The van der Waals surface area contributed by atoms with Crippen molar-refractivity contribution in [1.29, 1.82) is 0 Å². The molecule has 0 aliphatic heterocycles. The summed E-state index contributed by atoms with van der Waals surface area (Å²) in [5.74, 6) is 5.89. The van der Waals surface area contributed by atoms with Gasteiger partial charge >= 0.3 is 0 Å². The third kappa shape index (κ3) is 4.70. The molecule has 0 radical (unpaired) electrons. The summed E-state index contributed by atoms with van der Waals surface area (Å²) in [6.45, 7) is 0.152. The molecule has 0 spiro atoms. The molecule has 0 unspecified atom stereocenters. The zero-order valence-corrected chi connectivity index (χ0v) is 11.6. The van der Waals surface area contributed by atoms with Crippen LogP contribution in [0.3, 0.4) is 0 Å². The Morgan fingerprint density at radius 2 is 2.22 bits per heavy atom. The Hall–Kier alpha value is -1.00. The quantitative estimate of drug-likeness (QED) is 0.616. The van der Waals surface area contributed by atoms with Gasteiger partial charge in [0, 0.05) is 17.9 Å². The number of aliphatic hydroxyl groups excluding tert-OH is 1. The van der Waals surface area contributed by atoms with Crippen LogP contribution in [-0.2, 0) is 10.0 Å². The zero-order valence-electron chi connectivity index (χ0n) is 10.0. The lowest BCUT2D eigenvalue weighted by atomic mass is 10.2. The molecule has 1 aromatic rings. The summed E-state index contributed by atoms with van der Waals surface area (Å²) in [6.07, 6.45) is 1.92. The normalized spacial score (nSPS) is 10.8. The van der Waals surface area contributed by atoms with E-state index >= 15 is 0 Å². The van der Waals surface area contributed by atoms with Crippen molar-refractivity contribution in [3.05, 3.63) is 29.8 Å². The summed E-state index contributed by atoms with van der Waals surface area (Å²) in [4.78, 5) is 0.188. The van der Waals surface area contributed by atoms with Gasteiger partial charge in [-0.1, -0.05) is 17.9 Å². The van der Waals surface area contributed by atoms with Crippen LogP contribution >= 0.6 is 11.8 Å². The Morgan fingerprint density at radius 1 is 1.44 bits per heavy atom. The van der Waals surface area contributed by atoms with Crippen LogP contribution in [0.4, 0.5) is 0 Å². The minimum absolute atomic E-state index is 0.188. The molecule has 0 aliphatic rings. The van der Waals surface area contributed by atoms with E-state index in [1.165, 1.54) is 12.1 Å². The number of benzene rings is 1. The molecule has 0 atom stereocenters. The van der Waals surface area contributed by atoms with Gasteiger partial charge in [-0.05, 0) is 24.5 Å². The van der Waals surface area contributed by atoms with Crippen LogP contribution in [0.15, 0.2) is 29.2 Å². The van der Waals surface area contributed by atoms with Crippen LogP contribution in [-0.4, -0.2) is 38.7 Å². The lowest BCUT2D eigenvalue weighted by Gasteiger charge is -2.06. The molecule has 18 heavy (non-hydrogen) atoms. The molecule has 0 heterocycles. The van der Waals surface area contributed by atoms with Gasteiger partial charge in [-0.25, -0.2) is 13.1 Å². The monoisotopic (exact) mass is 285 g/mol. The maximum absolute atomic E-state index is 11.9. The fourth-order valence-electron chi connectivity index (χ4n) is 1.24. The number of thioether (sulfide) groups is 1. The van der Waals surface area contributed by atoms with Crippen LogP contribution in [0.5, 0.6) is 0 Å². The summed E-state index contributed by atoms with van der Waals surface area (Å²) in [5.41, 5.74) is 0.566. The van der Waals surface area contributed by atoms with E-state index in [0.29, 0.717) is 12.1 Å². The van der Waals surface area contributed by atoms with Crippen LogP contribution in [0.25, 0.3) is 0 Å². The van der Waals surface area contributed by atoms with Gasteiger partial charge in [-0.2, -0.15) is 11.8 Å². The van der Waals surface area contributed by atoms with Crippen LogP contribution in [0.2, 0.25) is 0 Å². The van der Waals surface area contributed by atoms with Gasteiger partial charge in [0.2, 0.25) is 10.0 Å². The van der Waals surface area contributed by atoms with Crippen LogP contribution < -0.4 is 4.72 Å². The largest absolute Gasteiger partial charge is 0.384 e. The topological polar surface area (TPSA) is 66.4 Å². The molecule has 0 aliphatic carbocycles. The van der Waals surface area contributed by atoms with Crippen molar-refractivity contribution in [1.82, 2.24) is 4.72 Å². The maximum Gasteiger partial charge on any atom is 0.240 e. The van der Waals surface area contributed by atoms with Crippen molar-refractivity contribution >= 4 is 21.8 Å². The highest BCUT2D eigenvalue weighted by molar-refractivity contribution is 7.98. The summed E-state index contributed by atoms with van der Waals surface area (Å²) in [7, 11) is -3.47. The molecule has 1 aromatic carbocycles. The molecule has 0 amide bonds. The molecule has 6 heteroatoms. The van der Waals surface area contributed by atoms with Crippen molar-refractivity contribution in [3.8, 4) is 11.8 Å². The molecule has 0 saturated heterocycles. The van der Waals surface area contributed by atoms with E-state index in [1.807, 2.05) is 6.26 Å². The smallest absolute Gasteiger partial charge is 0.240 e. The van der Waals surface area contributed by atoms with Crippen molar-refractivity contribution in [2.24, 2.45) is 0 Å². The predicted molar refractivity (Wildman–Crippen MR) is 74.0 cm³/mol. The summed E-state index contributed by atoms with van der Waals surface area (Å²) < 4.78 is 26.3. The van der Waals surface area contributed by atoms with Crippen LogP contribution in [0.1, 0.15) is 5.56 Å². The number of hydrogen-bond acceptors (Lipinski definition) is 4. The van der Waals surface area contributed by atoms with E-state index < -0.39 is 10.0 Å². The average molecular weight is 285 g/mol. The fourth-order valence-corrected chi connectivity index (χ4v) is 2.76. The van der Waals surface area contributed by atoms with E-state index in [2.05, 4.69) is 16.6 Å². The highest BCUT2D eigenvalue weighted by atomic mass is 32.2. The number of nitrogens with one attached hydrogen (secondary N) is 1. The zero-order chi connectivity index (χ0) is 13.4. The molecule has 0 bridgehead atoms. The summed E-state index contributed by atoms with van der Waals surface area (Å²) in [6, 6.07) is 6.34. The number of sulfonamides is 1. The first kappa shape index (κ1) is 15.1. The molecule has 0 fully saturated rings. The lowest BCUT2D eigenvalue weighted by Crippen LogP contribution is -2.26. The van der Waals surface area contributed by atoms with Gasteiger partial charge in [-0.3, -0.25) is 0 Å². The van der Waals surface area contributed by atoms with Crippen molar-refractivity contribution in [2.75, 3.05) is 25.2 Å². The Bertz CT molecular complexity index is 544. The van der Waals surface area contributed by atoms with Gasteiger partial charge in [0.05, 0.1) is 4.90 Å². The minimum atomic E-state index is -3.47. The van der Waals surface area contributed by atoms with Gasteiger partial charge in [0.1, 0.15) is 6.61 Å². The Kier molecular flexibility index (Phi) is 6.22. The molecule has 0 saturated carbocycles. The van der Waals surface area contributed by atoms with Gasteiger partial charge in [0.25, 0.3) is 0 Å². The maximum atomic E-state index is 11.9. The van der Waals surface area contributed by atoms with E-state index in [0.717, 1.165) is 5.75 Å². The Labute approximate surface area is 112 Å². The second kappa shape index (κ2) is 7.44. The highest BCUT2D eigenvalue weighted by Gasteiger charge is 2.12. The molecule has 0 aromatic heterocycles. The third-order valence-corrected chi connectivity index (χ3v) is 4.13. The molecule has 1 rings (SSSR count). The standard InChI is InChI=1S/C12H15NO3S2/c1-17-9-7-13-18(15,16)12-6-2-4-11(10-12)5-3-8-14/h2,4,6,10,13-14H,7-9H2,1H3. The van der Waals surface area contributed by atoms with Crippen molar-refractivity contribution in [2.45, 2.75) is 4.90 Å². The summed E-state index contributed by atoms with van der Waals surface area (Å²) >= 11 is 1.57. The van der Waals surface area contributed by atoms with Gasteiger partial charge < -0.3 is 5.11 Å². The van der Waals surface area contributed by atoms with E-state index in [-0.39, 0.29) is 11.5 Å². The second-order valence-electron chi connectivity index (χ2n) is 3.38. The lowest BCUT2D eigenvalue weighted by molar-refractivity contribution is 0.350.